The van der Waals surface area contributed by atoms with E-state index < -0.39 is 33.1 Å². The van der Waals surface area contributed by atoms with Gasteiger partial charge in [-0.3, -0.25) is 18.9 Å². The fourth-order valence-electron chi connectivity index (χ4n) is 4.92. The summed E-state index contributed by atoms with van der Waals surface area (Å²) in [4.78, 5) is 31.2. The van der Waals surface area contributed by atoms with Crippen LogP contribution < -0.4 is 20.5 Å². The number of halogens is 2. The van der Waals surface area contributed by atoms with E-state index in [0.29, 0.717) is 11.3 Å². The van der Waals surface area contributed by atoms with Crippen LogP contribution in [-0.4, -0.2) is 52.5 Å². The van der Waals surface area contributed by atoms with Gasteiger partial charge in [0, 0.05) is 68.9 Å². The van der Waals surface area contributed by atoms with Crippen LogP contribution in [-0.2, 0) is 17.1 Å². The molecule has 232 valence electrons. The van der Waals surface area contributed by atoms with Gasteiger partial charge in [0.1, 0.15) is 23.0 Å². The number of aromatic nitrogens is 1. The van der Waals surface area contributed by atoms with E-state index in [-0.39, 0.29) is 50.4 Å². The van der Waals surface area contributed by atoms with Gasteiger partial charge < -0.3 is 19.6 Å². The Labute approximate surface area is 257 Å². The molecule has 0 bridgehead atoms. The van der Waals surface area contributed by atoms with Crippen LogP contribution in [0, 0.1) is 11.6 Å². The second kappa shape index (κ2) is 12.0. The molecule has 1 amide bonds. The molecule has 0 saturated heterocycles. The minimum Gasteiger partial charge on any atom is -0.455 e. The van der Waals surface area contributed by atoms with Gasteiger partial charge in [0.25, 0.3) is 11.5 Å². The Morgan fingerprint density at radius 1 is 1.04 bits per heavy atom. The number of hydrogen-bond acceptors (Lipinski definition) is 7. The molecular formula is C32H29F2N5O5S. The number of fused-ring (bicyclic) bond motifs is 1. The van der Waals surface area contributed by atoms with Crippen LogP contribution in [0.25, 0.3) is 33.4 Å². The van der Waals surface area contributed by atoms with Crippen LogP contribution >= 0.6 is 0 Å². The van der Waals surface area contributed by atoms with E-state index in [0.717, 1.165) is 10.6 Å². The summed E-state index contributed by atoms with van der Waals surface area (Å²) in [6.45, 7) is 0. The summed E-state index contributed by atoms with van der Waals surface area (Å²) in [5, 5.41) is 5.77. The van der Waals surface area contributed by atoms with Crippen molar-refractivity contribution in [3.63, 3.8) is 0 Å². The third kappa shape index (κ3) is 5.94. The molecule has 0 fully saturated rings. The minimum atomic E-state index is -3.84. The van der Waals surface area contributed by atoms with Crippen LogP contribution in [0.4, 0.5) is 25.8 Å². The summed E-state index contributed by atoms with van der Waals surface area (Å²) in [7, 11) is 2.08. The van der Waals surface area contributed by atoms with E-state index in [1.165, 1.54) is 86.7 Å². The molecule has 0 spiro atoms. The monoisotopic (exact) mass is 633 g/mol. The van der Waals surface area contributed by atoms with Crippen LogP contribution in [0.1, 0.15) is 15.9 Å². The zero-order valence-electron chi connectivity index (χ0n) is 25.0. The standard InChI is InChI=1S/C32H29F2N5O5S/c1-35-26-8-6-7-25(34)24(26)16-37-20-13-22(32(41)38(3)17-20)21-14-23-28(15-27(21)39(4)45(5,42)43)44-30(29(23)31(40)36-2)18-9-11-19(33)12-10-18/h6-17,35H,1-5H3,(H,36,40)/b37-16+. The molecule has 45 heavy (non-hydrogen) atoms. The fourth-order valence-corrected chi connectivity index (χ4v) is 5.43. The van der Waals surface area contributed by atoms with Gasteiger partial charge >= 0.3 is 0 Å². The molecule has 0 aliphatic heterocycles. The number of amides is 1. The number of benzene rings is 3. The lowest BCUT2D eigenvalue weighted by Crippen LogP contribution is -2.26. The highest BCUT2D eigenvalue weighted by Crippen LogP contribution is 2.41. The lowest BCUT2D eigenvalue weighted by molar-refractivity contribution is 0.0964. The van der Waals surface area contributed by atoms with Crippen LogP contribution in [0.5, 0.6) is 0 Å². The summed E-state index contributed by atoms with van der Waals surface area (Å²) in [6, 6.07) is 14.3. The average Bonchev–Trinajstić information content (AvgIpc) is 3.38. The Morgan fingerprint density at radius 2 is 1.76 bits per heavy atom. The molecule has 2 aromatic heterocycles. The van der Waals surface area contributed by atoms with E-state index in [2.05, 4.69) is 15.6 Å². The first-order chi connectivity index (χ1) is 21.3. The van der Waals surface area contributed by atoms with Crippen molar-refractivity contribution in [1.29, 1.82) is 0 Å². The van der Waals surface area contributed by atoms with Crippen molar-refractivity contribution in [3.05, 3.63) is 100.0 Å². The number of aryl methyl sites for hydroxylation is 1. The lowest BCUT2D eigenvalue weighted by Gasteiger charge is -2.21. The third-order valence-electron chi connectivity index (χ3n) is 7.33. The molecule has 5 rings (SSSR count). The summed E-state index contributed by atoms with van der Waals surface area (Å²) in [6.07, 6.45) is 3.79. The molecule has 13 heteroatoms. The molecule has 0 aliphatic carbocycles. The quantitative estimate of drug-likeness (QED) is 0.224. The average molecular weight is 634 g/mol. The highest BCUT2D eigenvalue weighted by molar-refractivity contribution is 7.92. The fraction of sp³-hybridized carbons (Fsp3) is 0.156. The number of anilines is 2. The smallest absolute Gasteiger partial charge is 0.258 e. The van der Waals surface area contributed by atoms with E-state index in [9.17, 15) is 26.8 Å². The summed E-state index contributed by atoms with van der Waals surface area (Å²) >= 11 is 0. The number of pyridine rings is 1. The Kier molecular flexibility index (Phi) is 8.30. The molecular weight excluding hydrogens is 604 g/mol. The van der Waals surface area contributed by atoms with Crippen molar-refractivity contribution in [1.82, 2.24) is 9.88 Å². The molecule has 0 radical (unpaired) electrons. The highest BCUT2D eigenvalue weighted by Gasteiger charge is 2.27. The molecule has 2 heterocycles. The topological polar surface area (TPSA) is 126 Å². The Balaban J connectivity index is 1.80. The van der Waals surface area contributed by atoms with Crippen molar-refractivity contribution in [2.24, 2.45) is 12.0 Å². The predicted molar refractivity (Wildman–Crippen MR) is 172 cm³/mol. The van der Waals surface area contributed by atoms with Gasteiger partial charge in [-0.25, -0.2) is 17.2 Å². The molecule has 10 nitrogen and oxygen atoms in total. The molecule has 5 aromatic rings. The maximum Gasteiger partial charge on any atom is 0.258 e. The summed E-state index contributed by atoms with van der Waals surface area (Å²) in [5.41, 5.74) is 1.51. The van der Waals surface area contributed by atoms with Crippen molar-refractivity contribution >= 4 is 50.2 Å². The SMILES string of the molecule is CNC(=O)c1c(-c2ccc(F)cc2)oc2cc(N(C)S(C)(=O)=O)c(-c3cc(/N=C/c4c(F)cccc4NC)cn(C)c3=O)cc12. The van der Waals surface area contributed by atoms with Crippen molar-refractivity contribution in [2.45, 2.75) is 0 Å². The van der Waals surface area contributed by atoms with Crippen LogP contribution in [0.2, 0.25) is 0 Å². The highest BCUT2D eigenvalue weighted by atomic mass is 32.2. The second-order valence-electron chi connectivity index (χ2n) is 10.2. The van der Waals surface area contributed by atoms with Gasteiger partial charge in [-0.1, -0.05) is 6.07 Å². The van der Waals surface area contributed by atoms with Gasteiger partial charge in [0.2, 0.25) is 10.0 Å². The molecule has 2 N–H and O–H groups in total. The number of nitrogens with one attached hydrogen (secondary N) is 2. The molecule has 0 aliphatic rings. The number of sulfonamides is 1. The number of hydrogen-bond donors (Lipinski definition) is 2. The van der Waals surface area contributed by atoms with Gasteiger partial charge in [-0.15, -0.1) is 0 Å². The molecule has 0 unspecified atom stereocenters. The largest absolute Gasteiger partial charge is 0.455 e. The number of rotatable bonds is 8. The van der Waals surface area contributed by atoms with E-state index in [4.69, 9.17) is 4.42 Å². The van der Waals surface area contributed by atoms with Crippen molar-refractivity contribution in [2.75, 3.05) is 37.0 Å². The third-order valence-corrected chi connectivity index (χ3v) is 8.52. The van der Waals surface area contributed by atoms with Crippen molar-refractivity contribution in [3.8, 4) is 22.5 Å². The first-order valence-corrected chi connectivity index (χ1v) is 15.4. The zero-order chi connectivity index (χ0) is 32.6. The Morgan fingerprint density at radius 3 is 2.40 bits per heavy atom. The summed E-state index contributed by atoms with van der Waals surface area (Å²) in [5.74, 6) is -1.37. The Hall–Kier alpha value is -5.30. The first-order valence-electron chi connectivity index (χ1n) is 13.6. The van der Waals surface area contributed by atoms with Crippen molar-refractivity contribution < 1.29 is 26.4 Å². The summed E-state index contributed by atoms with van der Waals surface area (Å²) < 4.78 is 62.2. The van der Waals surface area contributed by atoms with E-state index in [1.54, 1.807) is 19.2 Å². The molecule has 0 atom stereocenters. The maximum absolute atomic E-state index is 14.6. The maximum atomic E-state index is 14.6. The van der Waals surface area contributed by atoms with Gasteiger partial charge in [-0.05, 0) is 48.5 Å². The van der Waals surface area contributed by atoms with Crippen LogP contribution in [0.15, 0.2) is 81.1 Å². The number of carbonyl (C=O) groups excluding carboxylic acids is 1. The second-order valence-corrected chi connectivity index (χ2v) is 12.2. The number of nitrogens with zero attached hydrogens (tertiary/aromatic N) is 3. The number of carbonyl (C=O) groups is 1. The Bertz CT molecular complexity index is 2160. The van der Waals surface area contributed by atoms with Crippen LogP contribution in [0.3, 0.4) is 0 Å². The van der Waals surface area contributed by atoms with E-state index in [1.807, 2.05) is 0 Å². The number of furan rings is 1. The molecule has 0 saturated carbocycles. The zero-order valence-corrected chi connectivity index (χ0v) is 25.8. The minimum absolute atomic E-state index is 0.0642. The lowest BCUT2D eigenvalue weighted by atomic mass is 9.99. The van der Waals surface area contributed by atoms with Gasteiger partial charge in [0.15, 0.2) is 0 Å². The van der Waals surface area contributed by atoms with E-state index >= 15 is 0 Å². The van der Waals surface area contributed by atoms with Gasteiger partial charge in [-0.2, -0.15) is 0 Å². The predicted octanol–water partition coefficient (Wildman–Crippen LogP) is 5.29. The normalized spacial score (nSPS) is 11.7. The molecule has 3 aromatic carbocycles. The first kappa shape index (κ1) is 31.1. The number of aliphatic imine (C=N–C) groups is 1. The van der Waals surface area contributed by atoms with Gasteiger partial charge in [0.05, 0.1) is 34.3 Å².